The molecule has 2 aromatic rings. The van der Waals surface area contributed by atoms with Gasteiger partial charge in [-0.3, -0.25) is 14.6 Å². The first kappa shape index (κ1) is 17.4. The lowest BCUT2D eigenvalue weighted by atomic mass is 10.0. The summed E-state index contributed by atoms with van der Waals surface area (Å²) in [4.78, 5) is 27.0. The van der Waals surface area contributed by atoms with Crippen molar-refractivity contribution < 1.29 is 19.4 Å². The van der Waals surface area contributed by atoms with Gasteiger partial charge in [0.2, 0.25) is 0 Å². The number of benzene rings is 1. The van der Waals surface area contributed by atoms with E-state index in [0.29, 0.717) is 11.8 Å². The maximum atomic E-state index is 12.0. The molecule has 1 aromatic carbocycles. The quantitative estimate of drug-likeness (QED) is 0.594. The van der Waals surface area contributed by atoms with Crippen LogP contribution in [0.25, 0.3) is 10.9 Å². The molecule has 25 heavy (non-hydrogen) atoms. The third-order valence-electron chi connectivity index (χ3n) is 4.44. The van der Waals surface area contributed by atoms with Crippen molar-refractivity contribution in [1.29, 1.82) is 0 Å². The summed E-state index contributed by atoms with van der Waals surface area (Å²) in [6.07, 6.45) is 5.29. The van der Waals surface area contributed by atoms with Crippen LogP contribution in [0.4, 0.5) is 0 Å². The number of carboxylic acids is 1. The van der Waals surface area contributed by atoms with E-state index in [1.54, 1.807) is 12.3 Å². The molecule has 3 rings (SSSR count). The summed E-state index contributed by atoms with van der Waals surface area (Å²) < 4.78 is 5.52. The van der Waals surface area contributed by atoms with Crippen molar-refractivity contribution >= 4 is 22.8 Å². The summed E-state index contributed by atoms with van der Waals surface area (Å²) in [6, 6.07) is 7.90. The van der Waals surface area contributed by atoms with Gasteiger partial charge in [-0.15, -0.1) is 0 Å². The topological polar surface area (TPSA) is 88.5 Å². The maximum Gasteiger partial charge on any atom is 0.311 e. The van der Waals surface area contributed by atoms with E-state index in [9.17, 15) is 9.59 Å². The lowest BCUT2D eigenvalue weighted by Crippen LogP contribution is -2.23. The number of carboxylic acid groups (broad SMARTS) is 1. The number of carbonyl (C=O) groups is 2. The molecule has 6 nitrogen and oxygen atoms in total. The SMILES string of the molecule is O=C(O)CCCC(=O)Oc1cccc2nccc(C[C@H]3CCCN3)c12. The molecule has 1 aliphatic heterocycles. The fourth-order valence-corrected chi connectivity index (χ4v) is 3.25. The van der Waals surface area contributed by atoms with Crippen LogP contribution >= 0.6 is 0 Å². The predicted octanol–water partition coefficient (Wildman–Crippen LogP) is 2.69. The van der Waals surface area contributed by atoms with E-state index >= 15 is 0 Å². The highest BCUT2D eigenvalue weighted by molar-refractivity contribution is 5.90. The van der Waals surface area contributed by atoms with Gasteiger partial charge in [-0.05, 0) is 56.0 Å². The van der Waals surface area contributed by atoms with Crippen molar-refractivity contribution in [2.45, 2.75) is 44.6 Å². The van der Waals surface area contributed by atoms with Crippen molar-refractivity contribution in [3.05, 3.63) is 36.0 Å². The van der Waals surface area contributed by atoms with E-state index in [4.69, 9.17) is 9.84 Å². The maximum absolute atomic E-state index is 12.0. The largest absolute Gasteiger partial charge is 0.481 e. The summed E-state index contributed by atoms with van der Waals surface area (Å²) in [5.41, 5.74) is 1.91. The molecule has 1 aliphatic rings. The number of fused-ring (bicyclic) bond motifs is 1. The zero-order chi connectivity index (χ0) is 17.6. The third kappa shape index (κ3) is 4.54. The van der Waals surface area contributed by atoms with Crippen LogP contribution in [-0.2, 0) is 16.0 Å². The number of rotatable bonds is 7. The Morgan fingerprint density at radius 3 is 2.92 bits per heavy atom. The van der Waals surface area contributed by atoms with Crippen LogP contribution in [0.3, 0.4) is 0 Å². The number of nitrogens with zero attached hydrogens (tertiary/aromatic N) is 1. The van der Waals surface area contributed by atoms with Gasteiger partial charge >= 0.3 is 11.9 Å². The molecule has 0 unspecified atom stereocenters. The number of hydrogen-bond donors (Lipinski definition) is 2. The molecule has 1 atom stereocenters. The van der Waals surface area contributed by atoms with Gasteiger partial charge in [-0.25, -0.2) is 0 Å². The molecule has 1 saturated heterocycles. The summed E-state index contributed by atoms with van der Waals surface area (Å²) in [5.74, 6) is -0.824. The minimum atomic E-state index is -0.909. The normalized spacial score (nSPS) is 16.9. The van der Waals surface area contributed by atoms with Gasteiger partial charge in [0.1, 0.15) is 5.75 Å². The van der Waals surface area contributed by atoms with Crippen LogP contribution in [0.1, 0.15) is 37.7 Å². The number of hydrogen-bond acceptors (Lipinski definition) is 5. The van der Waals surface area contributed by atoms with Crippen molar-refractivity contribution in [3.63, 3.8) is 0 Å². The zero-order valence-electron chi connectivity index (χ0n) is 14.0. The number of ether oxygens (including phenoxy) is 1. The summed E-state index contributed by atoms with van der Waals surface area (Å²) in [7, 11) is 0. The lowest BCUT2D eigenvalue weighted by Gasteiger charge is -2.14. The fraction of sp³-hybridized carbons (Fsp3) is 0.421. The minimum Gasteiger partial charge on any atom is -0.481 e. The van der Waals surface area contributed by atoms with Crippen LogP contribution in [0, 0.1) is 0 Å². The smallest absolute Gasteiger partial charge is 0.311 e. The van der Waals surface area contributed by atoms with E-state index in [2.05, 4.69) is 10.3 Å². The van der Waals surface area contributed by atoms with E-state index in [-0.39, 0.29) is 19.3 Å². The zero-order valence-corrected chi connectivity index (χ0v) is 14.0. The Balaban J connectivity index is 1.79. The first-order valence-electron chi connectivity index (χ1n) is 8.66. The summed E-state index contributed by atoms with van der Waals surface area (Å²) in [5, 5.41) is 13.0. The van der Waals surface area contributed by atoms with Crippen LogP contribution in [0.5, 0.6) is 5.75 Å². The van der Waals surface area contributed by atoms with E-state index in [1.807, 2.05) is 18.2 Å². The minimum absolute atomic E-state index is 0.0369. The van der Waals surface area contributed by atoms with Crippen LogP contribution < -0.4 is 10.1 Å². The van der Waals surface area contributed by atoms with E-state index in [0.717, 1.165) is 35.9 Å². The van der Waals surface area contributed by atoms with Crippen LogP contribution in [-0.4, -0.2) is 34.6 Å². The first-order valence-corrected chi connectivity index (χ1v) is 8.66. The Hall–Kier alpha value is -2.47. The molecule has 0 amide bonds. The molecular weight excluding hydrogens is 320 g/mol. The van der Waals surface area contributed by atoms with E-state index in [1.165, 1.54) is 6.42 Å². The van der Waals surface area contributed by atoms with Gasteiger partial charge < -0.3 is 15.2 Å². The third-order valence-corrected chi connectivity index (χ3v) is 4.44. The van der Waals surface area contributed by atoms with Crippen molar-refractivity contribution in [2.75, 3.05) is 6.54 Å². The summed E-state index contributed by atoms with van der Waals surface area (Å²) in [6.45, 7) is 1.04. The molecule has 6 heteroatoms. The van der Waals surface area contributed by atoms with Crippen LogP contribution in [0.15, 0.2) is 30.5 Å². The van der Waals surface area contributed by atoms with Crippen molar-refractivity contribution in [3.8, 4) is 5.75 Å². The van der Waals surface area contributed by atoms with Gasteiger partial charge in [-0.1, -0.05) is 6.07 Å². The van der Waals surface area contributed by atoms with Gasteiger partial charge in [0.25, 0.3) is 0 Å². The second kappa shape index (κ2) is 8.07. The highest BCUT2D eigenvalue weighted by Crippen LogP contribution is 2.29. The van der Waals surface area contributed by atoms with Crippen LogP contribution in [0.2, 0.25) is 0 Å². The second-order valence-electron chi connectivity index (χ2n) is 6.34. The number of esters is 1. The van der Waals surface area contributed by atoms with Crippen molar-refractivity contribution in [1.82, 2.24) is 10.3 Å². The highest BCUT2D eigenvalue weighted by Gasteiger charge is 2.18. The molecule has 0 radical (unpaired) electrons. The van der Waals surface area contributed by atoms with Gasteiger partial charge in [0, 0.05) is 30.5 Å². The predicted molar refractivity (Wildman–Crippen MR) is 93.6 cm³/mol. The van der Waals surface area contributed by atoms with Gasteiger partial charge in [0.05, 0.1) is 5.52 Å². The molecule has 0 spiro atoms. The second-order valence-corrected chi connectivity index (χ2v) is 6.34. The number of aliphatic carboxylic acids is 1. The van der Waals surface area contributed by atoms with Crippen molar-refractivity contribution in [2.24, 2.45) is 0 Å². The molecule has 1 aromatic heterocycles. The van der Waals surface area contributed by atoms with E-state index < -0.39 is 11.9 Å². The number of aromatic nitrogens is 1. The Morgan fingerprint density at radius 2 is 2.16 bits per heavy atom. The Kier molecular flexibility index (Phi) is 5.60. The number of nitrogens with one attached hydrogen (secondary N) is 1. The summed E-state index contributed by atoms with van der Waals surface area (Å²) >= 11 is 0. The molecule has 2 N–H and O–H groups in total. The number of pyridine rings is 1. The standard InChI is InChI=1S/C19H22N2O4/c22-17(23)7-2-8-18(24)25-16-6-1-5-15-19(16)13(9-11-21-15)12-14-4-3-10-20-14/h1,5-6,9,11,14,20H,2-4,7-8,10,12H2,(H,22,23)/t14-/m1/s1. The monoisotopic (exact) mass is 342 g/mol. The van der Waals surface area contributed by atoms with Gasteiger partial charge in [0.15, 0.2) is 0 Å². The Labute approximate surface area is 146 Å². The molecule has 1 fully saturated rings. The average Bonchev–Trinajstić information content (AvgIpc) is 3.08. The molecule has 0 aliphatic carbocycles. The molecule has 132 valence electrons. The molecular formula is C19H22N2O4. The van der Waals surface area contributed by atoms with Gasteiger partial charge in [-0.2, -0.15) is 0 Å². The molecule has 2 heterocycles. The molecule has 0 saturated carbocycles. The Morgan fingerprint density at radius 1 is 1.28 bits per heavy atom. The lowest BCUT2D eigenvalue weighted by molar-refractivity contribution is -0.137. The Bertz CT molecular complexity index is 764. The number of carbonyl (C=O) groups excluding carboxylic acids is 1. The fourth-order valence-electron chi connectivity index (χ4n) is 3.25. The first-order chi connectivity index (χ1) is 12.1. The highest BCUT2D eigenvalue weighted by atomic mass is 16.5. The molecule has 0 bridgehead atoms. The average molecular weight is 342 g/mol.